The number of hydrogen-bond donors (Lipinski definition) is 0. The summed E-state index contributed by atoms with van der Waals surface area (Å²) >= 11 is 12.8. The minimum atomic E-state index is -0.466. The van der Waals surface area contributed by atoms with Gasteiger partial charge < -0.3 is 4.74 Å². The van der Waals surface area contributed by atoms with Gasteiger partial charge in [-0.25, -0.2) is 4.99 Å². The van der Waals surface area contributed by atoms with E-state index in [9.17, 15) is 14.4 Å². The van der Waals surface area contributed by atoms with E-state index in [1.165, 1.54) is 31.4 Å². The topological polar surface area (TPSA) is 88.4 Å². The highest BCUT2D eigenvalue weighted by Gasteiger charge is 2.28. The standard InChI is InChI=1S/C23H23Cl2N3O4/c1-13-19(29)11-22(31)28(27-13)16-9-17(24)23(18(25)10-16)32-21-8-15(20(30)12-26-21)7-14-5-3-2-4-6-14/h8-10,14H,2-7,11-12H2,1H3. The van der Waals surface area contributed by atoms with Crippen LogP contribution in [0.15, 0.2) is 33.9 Å². The van der Waals surface area contributed by atoms with Crippen LogP contribution in [0, 0.1) is 5.92 Å². The monoisotopic (exact) mass is 475 g/mol. The Kier molecular flexibility index (Phi) is 6.76. The summed E-state index contributed by atoms with van der Waals surface area (Å²) in [5.41, 5.74) is 1.28. The van der Waals surface area contributed by atoms with Crippen molar-refractivity contribution in [3.05, 3.63) is 33.8 Å². The first-order valence-electron chi connectivity index (χ1n) is 10.7. The number of benzene rings is 1. The number of halogens is 2. The van der Waals surface area contributed by atoms with Gasteiger partial charge in [0, 0.05) is 11.6 Å². The maximum Gasteiger partial charge on any atom is 0.255 e. The lowest BCUT2D eigenvalue weighted by Crippen LogP contribution is -2.36. The highest BCUT2D eigenvalue weighted by molar-refractivity contribution is 6.44. The van der Waals surface area contributed by atoms with E-state index < -0.39 is 5.91 Å². The van der Waals surface area contributed by atoms with Gasteiger partial charge in [0.15, 0.2) is 17.3 Å². The first kappa shape index (κ1) is 22.7. The van der Waals surface area contributed by atoms with E-state index in [1.807, 2.05) is 0 Å². The molecule has 7 nitrogen and oxygen atoms in total. The minimum Gasteiger partial charge on any atom is -0.436 e. The third-order valence-corrected chi connectivity index (χ3v) is 6.47. The second-order valence-corrected chi connectivity index (χ2v) is 9.10. The quantitative estimate of drug-likeness (QED) is 0.577. The van der Waals surface area contributed by atoms with Crippen LogP contribution in [0.4, 0.5) is 5.69 Å². The van der Waals surface area contributed by atoms with E-state index >= 15 is 0 Å². The lowest BCUT2D eigenvalue weighted by atomic mass is 9.83. The van der Waals surface area contributed by atoms with Crippen LogP contribution in [-0.4, -0.2) is 35.6 Å². The fourth-order valence-corrected chi connectivity index (χ4v) is 4.69. The van der Waals surface area contributed by atoms with Crippen molar-refractivity contribution in [3.8, 4) is 5.75 Å². The second kappa shape index (κ2) is 9.55. The van der Waals surface area contributed by atoms with E-state index in [-0.39, 0.29) is 51.9 Å². The van der Waals surface area contributed by atoms with Crippen LogP contribution >= 0.6 is 23.2 Å². The van der Waals surface area contributed by atoms with Gasteiger partial charge in [-0.3, -0.25) is 14.4 Å². The van der Waals surface area contributed by atoms with Gasteiger partial charge in [-0.2, -0.15) is 10.1 Å². The third kappa shape index (κ3) is 4.94. The average Bonchev–Trinajstić information content (AvgIpc) is 2.76. The summed E-state index contributed by atoms with van der Waals surface area (Å²) in [5, 5.41) is 5.46. The summed E-state index contributed by atoms with van der Waals surface area (Å²) in [5.74, 6) is 0.209. The van der Waals surface area contributed by atoms with Gasteiger partial charge >= 0.3 is 0 Å². The Morgan fingerprint density at radius 3 is 2.44 bits per heavy atom. The molecule has 0 bridgehead atoms. The fourth-order valence-electron chi connectivity index (χ4n) is 4.14. The summed E-state index contributed by atoms with van der Waals surface area (Å²) in [6.07, 6.45) is 8.10. The largest absolute Gasteiger partial charge is 0.436 e. The SMILES string of the molecule is CC1=NN(c2cc(Cl)c(OC3=NCC(=O)C(CC4CCCCC4)=C3)c(Cl)c2)C(=O)CC1=O. The number of aliphatic imine (C=N–C) groups is 1. The van der Waals surface area contributed by atoms with E-state index in [4.69, 9.17) is 27.9 Å². The Labute approximate surface area is 196 Å². The number of anilines is 1. The molecule has 1 fully saturated rings. The zero-order chi connectivity index (χ0) is 22.8. The van der Waals surface area contributed by atoms with Crippen molar-refractivity contribution >= 4 is 58.0 Å². The molecule has 0 spiro atoms. The van der Waals surface area contributed by atoms with Crippen molar-refractivity contribution in [2.24, 2.45) is 16.0 Å². The maximum atomic E-state index is 12.3. The predicted octanol–water partition coefficient (Wildman–Crippen LogP) is 4.93. The van der Waals surface area contributed by atoms with Crippen molar-refractivity contribution in [2.75, 3.05) is 11.6 Å². The van der Waals surface area contributed by atoms with Gasteiger partial charge in [0.25, 0.3) is 5.91 Å². The molecule has 0 saturated heterocycles. The average molecular weight is 476 g/mol. The molecule has 168 valence electrons. The van der Waals surface area contributed by atoms with Crippen molar-refractivity contribution in [1.82, 2.24) is 0 Å². The molecule has 1 saturated carbocycles. The first-order valence-corrected chi connectivity index (χ1v) is 11.4. The molecule has 3 aliphatic rings. The molecule has 32 heavy (non-hydrogen) atoms. The molecule has 4 rings (SSSR count). The summed E-state index contributed by atoms with van der Waals surface area (Å²) < 4.78 is 5.86. The van der Waals surface area contributed by atoms with Gasteiger partial charge in [-0.05, 0) is 31.4 Å². The zero-order valence-corrected chi connectivity index (χ0v) is 19.2. The van der Waals surface area contributed by atoms with Gasteiger partial charge in [0.1, 0.15) is 12.3 Å². The van der Waals surface area contributed by atoms with E-state index in [2.05, 4.69) is 10.1 Å². The van der Waals surface area contributed by atoms with Crippen LogP contribution in [0.1, 0.15) is 51.9 Å². The first-order chi connectivity index (χ1) is 15.3. The summed E-state index contributed by atoms with van der Waals surface area (Å²) in [6.45, 7) is 1.58. The van der Waals surface area contributed by atoms with Crippen LogP contribution < -0.4 is 9.75 Å². The smallest absolute Gasteiger partial charge is 0.255 e. The molecule has 9 heteroatoms. The van der Waals surface area contributed by atoms with Gasteiger partial charge in [-0.1, -0.05) is 55.3 Å². The van der Waals surface area contributed by atoms with E-state index in [0.29, 0.717) is 11.6 Å². The molecular weight excluding hydrogens is 453 g/mol. The molecule has 0 aromatic heterocycles. The number of nitrogens with zero attached hydrogens (tertiary/aromatic N) is 3. The van der Waals surface area contributed by atoms with E-state index in [1.54, 1.807) is 13.0 Å². The molecule has 1 aromatic rings. The number of carbonyl (C=O) groups excluding carboxylic acids is 3. The van der Waals surface area contributed by atoms with Crippen molar-refractivity contribution < 1.29 is 19.1 Å². The number of ketones is 2. The number of carbonyl (C=O) groups is 3. The lowest BCUT2D eigenvalue weighted by molar-refractivity contribution is -0.124. The third-order valence-electron chi connectivity index (χ3n) is 5.90. The number of ether oxygens (including phenoxy) is 1. The van der Waals surface area contributed by atoms with Crippen LogP contribution in [0.25, 0.3) is 0 Å². The molecule has 2 heterocycles. The van der Waals surface area contributed by atoms with Crippen molar-refractivity contribution in [1.29, 1.82) is 0 Å². The Morgan fingerprint density at radius 1 is 1.06 bits per heavy atom. The van der Waals surface area contributed by atoms with Crippen LogP contribution in [-0.2, 0) is 14.4 Å². The Morgan fingerprint density at radius 2 is 1.75 bits per heavy atom. The molecule has 1 amide bonds. The molecule has 0 radical (unpaired) electrons. The number of hydrogen-bond acceptors (Lipinski definition) is 6. The summed E-state index contributed by atoms with van der Waals surface area (Å²) in [7, 11) is 0. The fraction of sp³-hybridized carbons (Fsp3) is 0.435. The molecule has 0 unspecified atom stereocenters. The summed E-state index contributed by atoms with van der Waals surface area (Å²) in [6, 6.07) is 2.99. The lowest BCUT2D eigenvalue weighted by Gasteiger charge is -2.24. The highest BCUT2D eigenvalue weighted by Crippen LogP contribution is 2.38. The van der Waals surface area contributed by atoms with Crippen LogP contribution in [0.5, 0.6) is 5.75 Å². The van der Waals surface area contributed by atoms with Crippen molar-refractivity contribution in [2.45, 2.75) is 51.9 Å². The molecule has 0 N–H and O–H groups in total. The number of hydrazone groups is 1. The molecule has 1 aliphatic carbocycles. The molecule has 0 atom stereocenters. The molecular formula is C23H23Cl2N3O4. The number of rotatable bonds is 4. The van der Waals surface area contributed by atoms with Gasteiger partial charge in [0.05, 0.1) is 22.2 Å². The zero-order valence-electron chi connectivity index (χ0n) is 17.7. The predicted molar refractivity (Wildman–Crippen MR) is 124 cm³/mol. The Bertz CT molecular complexity index is 1050. The van der Waals surface area contributed by atoms with Gasteiger partial charge in [0.2, 0.25) is 5.90 Å². The van der Waals surface area contributed by atoms with Crippen molar-refractivity contribution in [3.63, 3.8) is 0 Å². The maximum absolute atomic E-state index is 12.3. The highest BCUT2D eigenvalue weighted by atomic mass is 35.5. The Balaban J connectivity index is 1.53. The molecule has 2 aliphatic heterocycles. The van der Waals surface area contributed by atoms with E-state index in [0.717, 1.165) is 29.8 Å². The van der Waals surface area contributed by atoms with Crippen LogP contribution in [0.3, 0.4) is 0 Å². The molecule has 1 aromatic carbocycles. The normalized spacial score (nSPS) is 20.2. The Hall–Kier alpha value is -2.51. The number of amides is 1. The van der Waals surface area contributed by atoms with Crippen LogP contribution in [0.2, 0.25) is 10.0 Å². The number of dihydropyridines is 1. The minimum absolute atomic E-state index is 0.0156. The number of Topliss-reactive ketones (excluding diaryl/α,β-unsaturated/α-hetero) is 2. The second-order valence-electron chi connectivity index (χ2n) is 8.29. The summed E-state index contributed by atoms with van der Waals surface area (Å²) in [4.78, 5) is 40.4. The van der Waals surface area contributed by atoms with Gasteiger partial charge in [-0.15, -0.1) is 0 Å².